The van der Waals surface area contributed by atoms with Crippen LogP contribution in [0.4, 0.5) is 15.9 Å². The topological polar surface area (TPSA) is 42.0 Å². The van der Waals surface area contributed by atoms with E-state index < -0.39 is 5.82 Å². The maximum atomic E-state index is 13.9. The van der Waals surface area contributed by atoms with Gasteiger partial charge in [0.25, 0.3) is 0 Å². The molecular weight excluding hydrogens is 339 g/mol. The van der Waals surface area contributed by atoms with Crippen molar-refractivity contribution in [2.45, 2.75) is 20.8 Å². The van der Waals surface area contributed by atoms with Crippen LogP contribution in [0.25, 0.3) is 16.9 Å². The summed E-state index contributed by atoms with van der Waals surface area (Å²) in [6.45, 7) is 6.15. The summed E-state index contributed by atoms with van der Waals surface area (Å²) in [5.41, 5.74) is 6.13. The zero-order valence-corrected chi connectivity index (χ0v) is 15.4. The van der Waals surface area contributed by atoms with Crippen LogP contribution in [0.3, 0.4) is 0 Å². The van der Waals surface area contributed by atoms with E-state index in [1.807, 2.05) is 35.7 Å². The van der Waals surface area contributed by atoms with E-state index in [4.69, 9.17) is 4.98 Å². The molecule has 0 aliphatic rings. The number of hydrogen-bond donors (Lipinski definition) is 0. The Bertz CT molecular complexity index is 1170. The van der Waals surface area contributed by atoms with E-state index in [2.05, 4.69) is 36.2 Å². The van der Waals surface area contributed by atoms with Gasteiger partial charge in [-0.05, 0) is 61.7 Å². The molecule has 0 aliphatic heterocycles. The lowest BCUT2D eigenvalue weighted by Crippen LogP contribution is -1.86. The third-order valence-corrected chi connectivity index (χ3v) is 4.63. The highest BCUT2D eigenvalue weighted by atomic mass is 19.1. The second-order valence-electron chi connectivity index (χ2n) is 6.67. The fourth-order valence-corrected chi connectivity index (χ4v) is 2.95. The van der Waals surface area contributed by atoms with Crippen LogP contribution in [0.5, 0.6) is 0 Å². The minimum absolute atomic E-state index is 0.200. The summed E-state index contributed by atoms with van der Waals surface area (Å²) in [5, 5.41) is 8.52. The Morgan fingerprint density at radius 2 is 1.70 bits per heavy atom. The number of imidazole rings is 1. The fourth-order valence-electron chi connectivity index (χ4n) is 2.95. The number of nitrogens with zero attached hydrogens (tertiary/aromatic N) is 4. The average molecular weight is 358 g/mol. The average Bonchev–Trinajstić information content (AvgIpc) is 3.01. The van der Waals surface area contributed by atoms with Gasteiger partial charge in [-0.3, -0.25) is 4.40 Å². The molecule has 0 saturated heterocycles. The summed E-state index contributed by atoms with van der Waals surface area (Å²) in [7, 11) is 0. The summed E-state index contributed by atoms with van der Waals surface area (Å²) < 4.78 is 15.8. The largest absolute Gasteiger partial charge is 0.282 e. The normalized spacial score (nSPS) is 11.6. The Morgan fingerprint density at radius 3 is 2.48 bits per heavy atom. The summed E-state index contributed by atoms with van der Waals surface area (Å²) in [5.74, 6) is 0.180. The van der Waals surface area contributed by atoms with Crippen molar-refractivity contribution in [1.29, 1.82) is 0 Å². The molecular formula is C22H19FN4. The Labute approximate surface area is 157 Å². The number of halogens is 1. The molecule has 2 heterocycles. The molecule has 2 aromatic heterocycles. The van der Waals surface area contributed by atoms with Crippen molar-refractivity contribution in [2.75, 3.05) is 0 Å². The van der Waals surface area contributed by atoms with E-state index in [1.165, 1.54) is 17.2 Å². The molecule has 0 atom stereocenters. The standard InChI is InChI=1S/C22H19FN4/c1-14-8-11-20-24-21(17-10-9-15(2)16(3)12-17)22(27(20)13-14)26-25-19-7-5-4-6-18(19)23/h4-13H,1-3H3. The molecule has 134 valence electrons. The van der Waals surface area contributed by atoms with Gasteiger partial charge in [-0.15, -0.1) is 10.2 Å². The van der Waals surface area contributed by atoms with Crippen LogP contribution >= 0.6 is 0 Å². The second kappa shape index (κ2) is 6.76. The van der Waals surface area contributed by atoms with Crippen LogP contribution in [0.15, 0.2) is 71.0 Å². The van der Waals surface area contributed by atoms with Gasteiger partial charge in [-0.1, -0.05) is 30.3 Å². The van der Waals surface area contributed by atoms with Crippen molar-refractivity contribution in [2.24, 2.45) is 10.2 Å². The molecule has 2 aromatic carbocycles. The fraction of sp³-hybridized carbons (Fsp3) is 0.136. The Morgan fingerprint density at radius 1 is 0.889 bits per heavy atom. The lowest BCUT2D eigenvalue weighted by atomic mass is 10.0. The lowest BCUT2D eigenvalue weighted by Gasteiger charge is -2.04. The molecule has 0 unspecified atom stereocenters. The maximum absolute atomic E-state index is 13.9. The third kappa shape index (κ3) is 3.24. The SMILES string of the molecule is Cc1ccc2nc(-c3ccc(C)c(C)c3)c(N=Nc3ccccc3F)n2c1. The number of azo groups is 1. The number of aromatic nitrogens is 2. The highest BCUT2D eigenvalue weighted by Gasteiger charge is 2.15. The second-order valence-corrected chi connectivity index (χ2v) is 6.67. The van der Waals surface area contributed by atoms with E-state index in [0.29, 0.717) is 5.82 Å². The van der Waals surface area contributed by atoms with Crippen LogP contribution in [0, 0.1) is 26.6 Å². The molecule has 0 bridgehead atoms. The highest BCUT2D eigenvalue weighted by molar-refractivity contribution is 5.75. The van der Waals surface area contributed by atoms with Gasteiger partial charge < -0.3 is 0 Å². The van der Waals surface area contributed by atoms with E-state index >= 15 is 0 Å². The monoisotopic (exact) mass is 358 g/mol. The number of pyridine rings is 1. The van der Waals surface area contributed by atoms with E-state index in [1.54, 1.807) is 18.2 Å². The first-order valence-electron chi connectivity index (χ1n) is 8.75. The van der Waals surface area contributed by atoms with E-state index in [-0.39, 0.29) is 5.69 Å². The Balaban J connectivity index is 1.92. The van der Waals surface area contributed by atoms with Crippen molar-refractivity contribution in [3.8, 4) is 11.3 Å². The molecule has 0 radical (unpaired) electrons. The first kappa shape index (κ1) is 17.1. The van der Waals surface area contributed by atoms with Gasteiger partial charge in [0, 0.05) is 11.8 Å². The van der Waals surface area contributed by atoms with Gasteiger partial charge >= 0.3 is 0 Å². The van der Waals surface area contributed by atoms with Gasteiger partial charge in [-0.25, -0.2) is 9.37 Å². The summed E-state index contributed by atoms with van der Waals surface area (Å²) in [4.78, 5) is 4.74. The minimum atomic E-state index is -0.404. The summed E-state index contributed by atoms with van der Waals surface area (Å²) in [6.07, 6.45) is 1.96. The zero-order chi connectivity index (χ0) is 19.0. The van der Waals surface area contributed by atoms with Gasteiger partial charge in [0.1, 0.15) is 17.0 Å². The van der Waals surface area contributed by atoms with Crippen molar-refractivity contribution in [1.82, 2.24) is 9.38 Å². The molecule has 0 spiro atoms. The van der Waals surface area contributed by atoms with Crippen molar-refractivity contribution in [3.05, 3.63) is 83.3 Å². The Kier molecular flexibility index (Phi) is 4.28. The molecule has 5 heteroatoms. The molecule has 0 fully saturated rings. The van der Waals surface area contributed by atoms with Crippen LogP contribution in [-0.2, 0) is 0 Å². The molecule has 0 amide bonds. The maximum Gasteiger partial charge on any atom is 0.187 e. The first-order chi connectivity index (χ1) is 13.0. The molecule has 27 heavy (non-hydrogen) atoms. The van der Waals surface area contributed by atoms with Gasteiger partial charge in [0.15, 0.2) is 11.6 Å². The summed E-state index contributed by atoms with van der Waals surface area (Å²) >= 11 is 0. The summed E-state index contributed by atoms with van der Waals surface area (Å²) in [6, 6.07) is 16.5. The van der Waals surface area contributed by atoms with Crippen molar-refractivity contribution < 1.29 is 4.39 Å². The van der Waals surface area contributed by atoms with Gasteiger partial charge in [0.2, 0.25) is 0 Å². The van der Waals surface area contributed by atoms with Crippen LogP contribution in [0.2, 0.25) is 0 Å². The Hall–Kier alpha value is -3.34. The van der Waals surface area contributed by atoms with Crippen molar-refractivity contribution in [3.63, 3.8) is 0 Å². The number of fused-ring (bicyclic) bond motifs is 1. The quantitative estimate of drug-likeness (QED) is 0.386. The lowest BCUT2D eigenvalue weighted by molar-refractivity contribution is 0.628. The number of benzene rings is 2. The molecule has 0 saturated carbocycles. The minimum Gasteiger partial charge on any atom is -0.282 e. The first-order valence-corrected chi connectivity index (χ1v) is 8.75. The van der Waals surface area contributed by atoms with Gasteiger partial charge in [0.05, 0.1) is 0 Å². The van der Waals surface area contributed by atoms with Gasteiger partial charge in [-0.2, -0.15) is 0 Å². The molecule has 0 N–H and O–H groups in total. The van der Waals surface area contributed by atoms with Crippen LogP contribution in [-0.4, -0.2) is 9.38 Å². The molecule has 4 aromatic rings. The molecule has 4 nitrogen and oxygen atoms in total. The zero-order valence-electron chi connectivity index (χ0n) is 15.4. The van der Waals surface area contributed by atoms with Crippen LogP contribution < -0.4 is 0 Å². The number of aryl methyl sites for hydroxylation is 3. The smallest absolute Gasteiger partial charge is 0.187 e. The highest BCUT2D eigenvalue weighted by Crippen LogP contribution is 2.33. The predicted octanol–water partition coefficient (Wildman–Crippen LogP) is 6.48. The molecule has 4 rings (SSSR count). The van der Waals surface area contributed by atoms with Crippen molar-refractivity contribution >= 4 is 17.2 Å². The number of rotatable bonds is 3. The number of hydrogen-bond acceptors (Lipinski definition) is 3. The predicted molar refractivity (Wildman–Crippen MR) is 105 cm³/mol. The van der Waals surface area contributed by atoms with E-state index in [9.17, 15) is 4.39 Å². The molecule has 0 aliphatic carbocycles. The van der Waals surface area contributed by atoms with E-state index in [0.717, 1.165) is 22.5 Å². The van der Waals surface area contributed by atoms with Crippen LogP contribution in [0.1, 0.15) is 16.7 Å². The third-order valence-electron chi connectivity index (χ3n) is 4.63.